The molecule has 0 fully saturated rings. The summed E-state index contributed by atoms with van der Waals surface area (Å²) in [7, 11) is 0. The molecule has 0 spiro atoms. The summed E-state index contributed by atoms with van der Waals surface area (Å²) in [6, 6.07) is 8.67. The Kier molecular flexibility index (Phi) is 4.96. The second-order valence-corrected chi connectivity index (χ2v) is 7.08. The Labute approximate surface area is 174 Å². The monoisotopic (exact) mass is 428 g/mol. The van der Waals surface area contributed by atoms with Gasteiger partial charge in [-0.15, -0.1) is 0 Å². The SMILES string of the molecule is Cc1ccc(-c2cn3cc(F)cnc3n2)cc1NC(=O)c1c(C)cccc1C(F)(F)F. The van der Waals surface area contributed by atoms with Gasteiger partial charge >= 0.3 is 6.18 Å². The van der Waals surface area contributed by atoms with Crippen molar-refractivity contribution in [2.75, 3.05) is 5.32 Å². The molecule has 0 aliphatic carbocycles. The molecule has 0 aliphatic rings. The van der Waals surface area contributed by atoms with Crippen molar-refractivity contribution in [3.63, 3.8) is 0 Å². The van der Waals surface area contributed by atoms with E-state index in [0.717, 1.165) is 12.3 Å². The third-order valence-corrected chi connectivity index (χ3v) is 4.87. The van der Waals surface area contributed by atoms with Gasteiger partial charge in [-0.3, -0.25) is 9.20 Å². The first kappa shape index (κ1) is 20.5. The van der Waals surface area contributed by atoms with Gasteiger partial charge in [0.2, 0.25) is 5.78 Å². The number of imidazole rings is 1. The maximum Gasteiger partial charge on any atom is 0.417 e. The van der Waals surface area contributed by atoms with Crippen LogP contribution in [-0.2, 0) is 6.18 Å². The molecule has 31 heavy (non-hydrogen) atoms. The Hall–Kier alpha value is -3.75. The van der Waals surface area contributed by atoms with Crippen LogP contribution in [0, 0.1) is 19.7 Å². The van der Waals surface area contributed by atoms with Gasteiger partial charge < -0.3 is 5.32 Å². The number of carbonyl (C=O) groups is 1. The van der Waals surface area contributed by atoms with E-state index in [9.17, 15) is 22.4 Å². The van der Waals surface area contributed by atoms with Gasteiger partial charge in [-0.1, -0.05) is 24.3 Å². The molecule has 0 atom stereocenters. The molecular weight excluding hydrogens is 412 g/mol. The minimum absolute atomic E-state index is 0.217. The van der Waals surface area contributed by atoms with Crippen molar-refractivity contribution >= 4 is 17.4 Å². The number of benzene rings is 2. The standard InChI is InChI=1S/C22H16F4N4O/c1-12-6-7-14(18-11-30-10-15(23)9-27-21(30)29-18)8-17(12)28-20(31)19-13(2)4-3-5-16(19)22(24,25)26/h3-11H,1-2H3,(H,28,31). The highest BCUT2D eigenvalue weighted by Crippen LogP contribution is 2.34. The van der Waals surface area contributed by atoms with Crippen molar-refractivity contribution in [1.29, 1.82) is 0 Å². The number of nitrogens with zero attached hydrogens (tertiary/aromatic N) is 3. The molecule has 0 radical (unpaired) electrons. The highest BCUT2D eigenvalue weighted by atomic mass is 19.4. The quantitative estimate of drug-likeness (QED) is 0.443. The molecule has 2 aromatic heterocycles. The number of aromatic nitrogens is 3. The average molecular weight is 428 g/mol. The molecule has 1 amide bonds. The van der Waals surface area contributed by atoms with Gasteiger partial charge in [0.1, 0.15) is 0 Å². The van der Waals surface area contributed by atoms with Gasteiger partial charge in [-0.2, -0.15) is 13.2 Å². The number of hydrogen-bond donors (Lipinski definition) is 1. The lowest BCUT2D eigenvalue weighted by atomic mass is 10.00. The third-order valence-electron chi connectivity index (χ3n) is 4.87. The zero-order valence-electron chi connectivity index (χ0n) is 16.5. The van der Waals surface area contributed by atoms with Crippen molar-refractivity contribution in [2.24, 2.45) is 0 Å². The van der Waals surface area contributed by atoms with E-state index in [0.29, 0.717) is 22.5 Å². The molecule has 0 unspecified atom stereocenters. The van der Waals surface area contributed by atoms with Crippen LogP contribution >= 0.6 is 0 Å². The van der Waals surface area contributed by atoms with Crippen LogP contribution in [0.1, 0.15) is 27.0 Å². The summed E-state index contributed by atoms with van der Waals surface area (Å²) >= 11 is 0. The summed E-state index contributed by atoms with van der Waals surface area (Å²) in [6.07, 6.45) is -0.806. The number of fused-ring (bicyclic) bond motifs is 1. The van der Waals surface area contributed by atoms with E-state index in [2.05, 4.69) is 15.3 Å². The first-order valence-corrected chi connectivity index (χ1v) is 9.23. The predicted octanol–water partition coefficient (Wildman–Crippen LogP) is 5.42. The number of nitrogens with one attached hydrogen (secondary N) is 1. The zero-order valence-corrected chi connectivity index (χ0v) is 16.5. The van der Waals surface area contributed by atoms with E-state index in [4.69, 9.17) is 0 Å². The van der Waals surface area contributed by atoms with Crippen LogP contribution in [0.3, 0.4) is 0 Å². The van der Waals surface area contributed by atoms with Gasteiger partial charge in [-0.05, 0) is 37.1 Å². The maximum atomic E-state index is 13.4. The molecule has 5 nitrogen and oxygen atoms in total. The molecule has 0 bridgehead atoms. The zero-order chi connectivity index (χ0) is 22.3. The summed E-state index contributed by atoms with van der Waals surface area (Å²) in [6.45, 7) is 3.18. The number of halogens is 4. The second kappa shape index (κ2) is 7.50. The number of anilines is 1. The van der Waals surface area contributed by atoms with Crippen molar-refractivity contribution in [3.8, 4) is 11.3 Å². The summed E-state index contributed by atoms with van der Waals surface area (Å²) in [5.74, 6) is -1.09. The van der Waals surface area contributed by atoms with Gasteiger partial charge in [0, 0.05) is 23.6 Å². The van der Waals surface area contributed by atoms with Crippen LogP contribution in [0.5, 0.6) is 0 Å². The first-order valence-electron chi connectivity index (χ1n) is 9.23. The van der Waals surface area contributed by atoms with E-state index < -0.39 is 29.0 Å². The molecule has 2 heterocycles. The molecule has 2 aromatic carbocycles. The molecular formula is C22H16F4N4O. The van der Waals surface area contributed by atoms with Crippen LogP contribution in [0.15, 0.2) is 55.0 Å². The molecule has 9 heteroatoms. The Morgan fingerprint density at radius 1 is 1.06 bits per heavy atom. The highest BCUT2D eigenvalue weighted by Gasteiger charge is 2.35. The lowest BCUT2D eigenvalue weighted by molar-refractivity contribution is -0.137. The number of amides is 1. The first-order chi connectivity index (χ1) is 14.6. The Morgan fingerprint density at radius 2 is 1.84 bits per heavy atom. The predicted molar refractivity (Wildman–Crippen MR) is 107 cm³/mol. The molecule has 0 saturated heterocycles. The summed E-state index contributed by atoms with van der Waals surface area (Å²) in [5, 5.41) is 2.58. The van der Waals surface area contributed by atoms with Crippen molar-refractivity contribution < 1.29 is 22.4 Å². The topological polar surface area (TPSA) is 59.3 Å². The second-order valence-electron chi connectivity index (χ2n) is 7.08. The van der Waals surface area contributed by atoms with Gasteiger partial charge in [0.25, 0.3) is 5.91 Å². The van der Waals surface area contributed by atoms with Crippen LogP contribution < -0.4 is 5.32 Å². The lowest BCUT2D eigenvalue weighted by Crippen LogP contribution is -2.20. The van der Waals surface area contributed by atoms with Gasteiger partial charge in [0.15, 0.2) is 5.82 Å². The van der Waals surface area contributed by atoms with E-state index in [1.54, 1.807) is 31.3 Å². The minimum atomic E-state index is -4.66. The number of alkyl halides is 3. The normalized spacial score (nSPS) is 11.7. The largest absolute Gasteiger partial charge is 0.417 e. The van der Waals surface area contributed by atoms with Crippen molar-refractivity contribution in [2.45, 2.75) is 20.0 Å². The Balaban J connectivity index is 1.71. The van der Waals surface area contributed by atoms with E-state index in [-0.39, 0.29) is 11.3 Å². The molecule has 158 valence electrons. The average Bonchev–Trinajstić information content (AvgIpc) is 3.11. The minimum Gasteiger partial charge on any atom is -0.322 e. The fourth-order valence-corrected chi connectivity index (χ4v) is 3.31. The van der Waals surface area contributed by atoms with Crippen molar-refractivity contribution in [1.82, 2.24) is 14.4 Å². The lowest BCUT2D eigenvalue weighted by Gasteiger charge is -2.16. The van der Waals surface area contributed by atoms with Crippen LogP contribution in [0.25, 0.3) is 17.0 Å². The van der Waals surface area contributed by atoms with E-state index in [1.807, 2.05) is 0 Å². The summed E-state index contributed by atoms with van der Waals surface area (Å²) < 4.78 is 55.0. The van der Waals surface area contributed by atoms with Crippen LogP contribution in [-0.4, -0.2) is 20.3 Å². The van der Waals surface area contributed by atoms with Crippen LogP contribution in [0.4, 0.5) is 23.2 Å². The van der Waals surface area contributed by atoms with Gasteiger partial charge in [-0.25, -0.2) is 14.4 Å². The summed E-state index contributed by atoms with van der Waals surface area (Å²) in [4.78, 5) is 21.0. The van der Waals surface area contributed by atoms with E-state index in [1.165, 1.54) is 29.7 Å². The Morgan fingerprint density at radius 3 is 2.58 bits per heavy atom. The highest BCUT2D eigenvalue weighted by molar-refractivity contribution is 6.07. The number of aryl methyl sites for hydroxylation is 2. The van der Waals surface area contributed by atoms with Gasteiger partial charge in [0.05, 0.1) is 23.0 Å². The molecule has 0 saturated carbocycles. The molecule has 0 aliphatic heterocycles. The van der Waals surface area contributed by atoms with Crippen molar-refractivity contribution in [3.05, 3.63) is 83.1 Å². The smallest absolute Gasteiger partial charge is 0.322 e. The Bertz CT molecular complexity index is 1310. The fraction of sp³-hybridized carbons (Fsp3) is 0.136. The third kappa shape index (κ3) is 3.98. The summed E-state index contributed by atoms with van der Waals surface area (Å²) in [5.41, 5.74) is 0.865. The molecule has 4 rings (SSSR count). The van der Waals surface area contributed by atoms with Crippen LogP contribution in [0.2, 0.25) is 0 Å². The molecule has 1 N–H and O–H groups in total. The maximum absolute atomic E-state index is 13.4. The fourth-order valence-electron chi connectivity index (χ4n) is 3.31. The number of rotatable bonds is 3. The van der Waals surface area contributed by atoms with E-state index >= 15 is 0 Å². The number of hydrogen-bond acceptors (Lipinski definition) is 3. The number of carbonyl (C=O) groups excluding carboxylic acids is 1. The molecule has 4 aromatic rings.